The van der Waals surface area contributed by atoms with E-state index in [1.54, 1.807) is 14.2 Å². The fourth-order valence-electron chi connectivity index (χ4n) is 4.40. The van der Waals surface area contributed by atoms with Gasteiger partial charge < -0.3 is 9.47 Å². The number of ether oxygens (including phenoxy) is 2. The van der Waals surface area contributed by atoms with E-state index in [9.17, 15) is 8.78 Å². The van der Waals surface area contributed by atoms with Crippen LogP contribution in [0.15, 0.2) is 72.8 Å². The molecule has 1 fully saturated rings. The monoisotopic (exact) mass is 536 g/mol. The molecule has 1 aliphatic rings. The van der Waals surface area contributed by atoms with Gasteiger partial charge in [0.2, 0.25) is 0 Å². The van der Waals surface area contributed by atoms with Crippen molar-refractivity contribution in [2.75, 3.05) is 46.9 Å². The number of methoxy groups -OCH3 is 2. The van der Waals surface area contributed by atoms with Crippen LogP contribution in [0, 0.1) is 11.6 Å². The van der Waals surface area contributed by atoms with Gasteiger partial charge in [0.25, 0.3) is 0 Å². The van der Waals surface area contributed by atoms with Crippen LogP contribution in [0.1, 0.15) is 22.7 Å². The lowest BCUT2D eigenvalue weighted by molar-refractivity contribution is 0.118. The van der Waals surface area contributed by atoms with Gasteiger partial charge in [-0.25, -0.2) is 8.78 Å². The van der Waals surface area contributed by atoms with E-state index < -0.39 is 0 Å². The molecule has 0 N–H and O–H groups in total. The minimum Gasteiger partial charge on any atom is -0.493 e. The van der Waals surface area contributed by atoms with Crippen LogP contribution in [-0.2, 0) is 0 Å². The van der Waals surface area contributed by atoms with E-state index in [2.05, 4.69) is 22.0 Å². The molecule has 3 aromatic carbocycles. The fraction of sp³-hybridized carbons (Fsp3) is 0.286. The quantitative estimate of drug-likeness (QED) is 0.340. The SMILES string of the molecule is COc1ccc(C=CCN2CCN(C(c3ccc(F)cc3)c3ccc(F)cc3)CC2)cc1OC.Cl.Cl. The van der Waals surface area contributed by atoms with Gasteiger partial charge in [-0.05, 0) is 53.1 Å². The molecule has 8 heteroatoms. The molecule has 0 saturated carbocycles. The lowest BCUT2D eigenvalue weighted by atomic mass is 9.96. The Hall–Kier alpha value is -2.64. The second-order valence-electron chi connectivity index (χ2n) is 8.36. The minimum atomic E-state index is -0.257. The van der Waals surface area contributed by atoms with Gasteiger partial charge in [-0.3, -0.25) is 9.80 Å². The van der Waals surface area contributed by atoms with Crippen LogP contribution in [0.3, 0.4) is 0 Å². The summed E-state index contributed by atoms with van der Waals surface area (Å²) in [5.41, 5.74) is 3.08. The van der Waals surface area contributed by atoms with Gasteiger partial charge in [0.05, 0.1) is 20.3 Å². The van der Waals surface area contributed by atoms with Crippen LogP contribution >= 0.6 is 24.8 Å². The molecule has 1 aliphatic heterocycles. The molecule has 0 aromatic heterocycles. The zero-order valence-electron chi connectivity index (χ0n) is 20.4. The summed E-state index contributed by atoms with van der Waals surface area (Å²) >= 11 is 0. The summed E-state index contributed by atoms with van der Waals surface area (Å²) in [5, 5.41) is 0. The van der Waals surface area contributed by atoms with Crippen LogP contribution < -0.4 is 9.47 Å². The van der Waals surface area contributed by atoms with Gasteiger partial charge >= 0.3 is 0 Å². The van der Waals surface area contributed by atoms with E-state index in [0.29, 0.717) is 11.5 Å². The highest BCUT2D eigenvalue weighted by molar-refractivity contribution is 5.85. The molecule has 0 unspecified atom stereocenters. The third-order valence-electron chi connectivity index (χ3n) is 6.23. The van der Waals surface area contributed by atoms with Crippen LogP contribution in [0.4, 0.5) is 8.78 Å². The van der Waals surface area contributed by atoms with E-state index in [0.717, 1.165) is 49.4 Å². The summed E-state index contributed by atoms with van der Waals surface area (Å²) in [6, 6.07) is 19.1. The van der Waals surface area contributed by atoms with Crippen molar-refractivity contribution in [3.63, 3.8) is 0 Å². The first kappa shape index (κ1) is 29.6. The highest BCUT2D eigenvalue weighted by Gasteiger charge is 2.26. The summed E-state index contributed by atoms with van der Waals surface area (Å²) in [6.45, 7) is 4.40. The molecule has 3 aromatic rings. The third kappa shape index (κ3) is 7.43. The van der Waals surface area contributed by atoms with Crippen molar-refractivity contribution in [1.82, 2.24) is 9.80 Å². The lowest BCUT2D eigenvalue weighted by Crippen LogP contribution is -2.47. The molecular formula is C28H32Cl2F2N2O2. The molecule has 0 aliphatic carbocycles. The predicted octanol–water partition coefficient (Wildman–Crippen LogP) is 6.25. The molecule has 0 spiro atoms. The second-order valence-corrected chi connectivity index (χ2v) is 8.36. The molecule has 0 radical (unpaired) electrons. The Kier molecular flexibility index (Phi) is 11.7. The Morgan fingerprint density at radius 2 is 1.28 bits per heavy atom. The highest BCUT2D eigenvalue weighted by atomic mass is 35.5. The third-order valence-corrected chi connectivity index (χ3v) is 6.23. The Labute approximate surface area is 224 Å². The maximum atomic E-state index is 13.5. The van der Waals surface area contributed by atoms with Crippen LogP contribution in [0.5, 0.6) is 11.5 Å². The number of hydrogen-bond acceptors (Lipinski definition) is 4. The van der Waals surface area contributed by atoms with Crippen LogP contribution in [-0.4, -0.2) is 56.7 Å². The minimum absolute atomic E-state index is 0. The molecule has 1 heterocycles. The van der Waals surface area contributed by atoms with Crippen molar-refractivity contribution >= 4 is 30.9 Å². The molecule has 0 atom stereocenters. The van der Waals surface area contributed by atoms with Gasteiger partial charge in [0.1, 0.15) is 11.6 Å². The van der Waals surface area contributed by atoms with Gasteiger partial charge in [-0.15, -0.1) is 24.8 Å². The molecule has 194 valence electrons. The van der Waals surface area contributed by atoms with Crippen LogP contribution in [0.2, 0.25) is 0 Å². The maximum Gasteiger partial charge on any atom is 0.161 e. The van der Waals surface area contributed by atoms with Crippen LogP contribution in [0.25, 0.3) is 6.08 Å². The average molecular weight is 537 g/mol. The van der Waals surface area contributed by atoms with Gasteiger partial charge in [-0.1, -0.05) is 42.5 Å². The molecule has 36 heavy (non-hydrogen) atoms. The summed E-state index contributed by atoms with van der Waals surface area (Å²) < 4.78 is 37.7. The van der Waals surface area contributed by atoms with E-state index in [1.165, 1.54) is 24.3 Å². The Balaban J connectivity index is 0.00000228. The molecule has 0 bridgehead atoms. The number of rotatable bonds is 8. The molecule has 0 amide bonds. The molecular weight excluding hydrogens is 505 g/mol. The van der Waals surface area contributed by atoms with Gasteiger partial charge in [-0.2, -0.15) is 0 Å². The summed E-state index contributed by atoms with van der Waals surface area (Å²) in [6.07, 6.45) is 4.25. The Morgan fingerprint density at radius 3 is 1.78 bits per heavy atom. The van der Waals surface area contributed by atoms with E-state index in [1.807, 2.05) is 42.5 Å². The van der Waals surface area contributed by atoms with E-state index in [-0.39, 0.29) is 42.5 Å². The van der Waals surface area contributed by atoms with Crippen molar-refractivity contribution < 1.29 is 18.3 Å². The summed E-state index contributed by atoms with van der Waals surface area (Å²) in [7, 11) is 3.26. The van der Waals surface area contributed by atoms with Crippen molar-refractivity contribution in [2.45, 2.75) is 6.04 Å². The second kappa shape index (κ2) is 14.2. The van der Waals surface area contributed by atoms with Gasteiger partial charge in [0, 0.05) is 32.7 Å². The van der Waals surface area contributed by atoms with Crippen molar-refractivity contribution in [3.05, 3.63) is 101 Å². The van der Waals surface area contributed by atoms with Crippen molar-refractivity contribution in [3.8, 4) is 11.5 Å². The summed E-state index contributed by atoms with van der Waals surface area (Å²) in [4.78, 5) is 4.79. The van der Waals surface area contributed by atoms with Crippen molar-refractivity contribution in [1.29, 1.82) is 0 Å². The topological polar surface area (TPSA) is 24.9 Å². The Morgan fingerprint density at radius 1 is 0.750 bits per heavy atom. The standard InChI is InChI=1S/C28H30F2N2O2.2ClH/c1-33-26-14-5-21(20-27(26)34-2)4-3-15-31-16-18-32(19-17-31)28(22-6-10-24(29)11-7-22)23-8-12-25(30)13-9-23;;/h3-14,20,28H,15-19H2,1-2H3;2*1H. The lowest BCUT2D eigenvalue weighted by Gasteiger charge is -2.39. The largest absolute Gasteiger partial charge is 0.493 e. The first-order chi connectivity index (χ1) is 16.6. The normalized spacial score (nSPS) is 14.4. The number of nitrogens with zero attached hydrogens (tertiary/aromatic N) is 2. The van der Waals surface area contributed by atoms with E-state index in [4.69, 9.17) is 9.47 Å². The zero-order chi connectivity index (χ0) is 23.9. The zero-order valence-corrected chi connectivity index (χ0v) is 22.0. The number of halogens is 4. The molecule has 1 saturated heterocycles. The average Bonchev–Trinajstić information content (AvgIpc) is 2.87. The summed E-state index contributed by atoms with van der Waals surface area (Å²) in [5.74, 6) is 0.916. The highest BCUT2D eigenvalue weighted by Crippen LogP contribution is 2.30. The number of piperazine rings is 1. The predicted molar refractivity (Wildman–Crippen MR) is 146 cm³/mol. The van der Waals surface area contributed by atoms with E-state index >= 15 is 0 Å². The van der Waals surface area contributed by atoms with Gasteiger partial charge in [0.15, 0.2) is 11.5 Å². The van der Waals surface area contributed by atoms with Crippen molar-refractivity contribution in [2.24, 2.45) is 0 Å². The molecule has 4 rings (SSSR count). The maximum absolute atomic E-state index is 13.5. The Bertz CT molecular complexity index is 1060. The first-order valence-electron chi connectivity index (χ1n) is 11.4. The first-order valence-corrected chi connectivity index (χ1v) is 11.4. The number of hydrogen-bond donors (Lipinski definition) is 0. The smallest absolute Gasteiger partial charge is 0.161 e. The fourth-order valence-corrected chi connectivity index (χ4v) is 4.40. The number of benzene rings is 3. The molecule has 4 nitrogen and oxygen atoms in total.